The van der Waals surface area contributed by atoms with E-state index in [1.165, 1.54) is 5.57 Å². The Labute approximate surface area is 69.4 Å². The van der Waals surface area contributed by atoms with Crippen molar-refractivity contribution in [2.45, 2.75) is 27.2 Å². The molecule has 10 heavy (non-hydrogen) atoms. The maximum Gasteiger partial charge on any atom is -0.0128 e. The minimum absolute atomic E-state index is 0.229. The predicted molar refractivity (Wildman–Crippen MR) is 51.3 cm³/mol. The predicted octanol–water partition coefficient (Wildman–Crippen LogP) is 3.42. The van der Waals surface area contributed by atoms with E-state index >= 15 is 0 Å². The highest BCUT2D eigenvalue weighted by atomic mass is 32.1. The molecule has 0 bridgehead atoms. The largest absolute Gasteiger partial charge is 0.152 e. The molecule has 0 rings (SSSR count). The Bertz CT molecular complexity index is 137. The summed E-state index contributed by atoms with van der Waals surface area (Å²) in [4.78, 5) is 0. The van der Waals surface area contributed by atoms with Gasteiger partial charge in [0.05, 0.1) is 0 Å². The van der Waals surface area contributed by atoms with Crippen molar-refractivity contribution >= 4 is 12.6 Å². The van der Waals surface area contributed by atoms with Gasteiger partial charge in [-0.25, -0.2) is 0 Å². The second kappa shape index (κ2) is 3.87. The molecule has 0 fully saturated rings. The lowest BCUT2D eigenvalue weighted by molar-refractivity contribution is 0.496. The van der Waals surface area contributed by atoms with Crippen LogP contribution in [0.4, 0.5) is 0 Å². The van der Waals surface area contributed by atoms with Gasteiger partial charge >= 0.3 is 0 Å². The zero-order valence-electron chi connectivity index (χ0n) is 7.02. The molecule has 1 heteroatoms. The Kier molecular flexibility index (Phi) is 3.80. The van der Waals surface area contributed by atoms with Gasteiger partial charge in [-0.3, -0.25) is 0 Å². The Hall–Kier alpha value is -0.170. The summed E-state index contributed by atoms with van der Waals surface area (Å²) in [6.45, 7) is 10.5. The third-order valence-electron chi connectivity index (χ3n) is 1.53. The fourth-order valence-corrected chi connectivity index (χ4v) is 0.607. The third-order valence-corrected chi connectivity index (χ3v) is 1.74. The second-order valence-electron chi connectivity index (χ2n) is 3.44. The Balaban J connectivity index is 3.86. The van der Waals surface area contributed by atoms with E-state index in [1.807, 2.05) is 6.08 Å². The Morgan fingerprint density at radius 2 is 2.00 bits per heavy atom. The first-order chi connectivity index (χ1) is 4.48. The molecule has 0 nitrogen and oxygen atoms in total. The quantitative estimate of drug-likeness (QED) is 0.459. The van der Waals surface area contributed by atoms with E-state index in [0.717, 1.165) is 6.42 Å². The number of hydrogen-bond donors (Lipinski definition) is 1. The minimum atomic E-state index is 0.229. The molecular weight excluding hydrogens is 140 g/mol. The molecule has 58 valence electrons. The second-order valence-corrected chi connectivity index (χ2v) is 3.74. The number of rotatable bonds is 2. The third kappa shape index (κ3) is 3.78. The molecule has 0 heterocycles. The molecule has 0 saturated carbocycles. The molecule has 0 aliphatic carbocycles. The van der Waals surface area contributed by atoms with Crippen LogP contribution >= 0.6 is 12.6 Å². The highest BCUT2D eigenvalue weighted by Crippen LogP contribution is 2.26. The summed E-state index contributed by atoms with van der Waals surface area (Å²) in [6.07, 6.45) is 2.95. The summed E-state index contributed by atoms with van der Waals surface area (Å²) in [5, 5.41) is 1.76. The van der Waals surface area contributed by atoms with Gasteiger partial charge in [0, 0.05) is 0 Å². The van der Waals surface area contributed by atoms with Crippen molar-refractivity contribution in [2.75, 3.05) is 0 Å². The van der Waals surface area contributed by atoms with Crippen molar-refractivity contribution in [3.8, 4) is 0 Å². The van der Waals surface area contributed by atoms with Gasteiger partial charge in [0.2, 0.25) is 0 Å². The van der Waals surface area contributed by atoms with Gasteiger partial charge in [0.25, 0.3) is 0 Å². The zero-order chi connectivity index (χ0) is 8.20. The smallest absolute Gasteiger partial charge is 0.0128 e. The van der Waals surface area contributed by atoms with Gasteiger partial charge in [-0.15, -0.1) is 0 Å². The van der Waals surface area contributed by atoms with E-state index in [9.17, 15) is 0 Å². The minimum Gasteiger partial charge on any atom is -0.152 e. The number of allylic oxidation sites excluding steroid dienone is 2. The van der Waals surface area contributed by atoms with Crippen molar-refractivity contribution in [3.05, 3.63) is 23.6 Å². The van der Waals surface area contributed by atoms with E-state index in [4.69, 9.17) is 0 Å². The SMILES string of the molecule is C=C(C/C=C\S)C(C)(C)C. The van der Waals surface area contributed by atoms with E-state index in [2.05, 4.69) is 40.0 Å². The summed E-state index contributed by atoms with van der Waals surface area (Å²) < 4.78 is 0. The van der Waals surface area contributed by atoms with Crippen LogP contribution in [0.25, 0.3) is 0 Å². The summed E-state index contributed by atoms with van der Waals surface area (Å²) in [7, 11) is 0. The van der Waals surface area contributed by atoms with Crippen LogP contribution in [0.15, 0.2) is 23.6 Å². The maximum absolute atomic E-state index is 3.98. The first-order valence-corrected chi connectivity index (χ1v) is 3.97. The molecular formula is C9H16S. The van der Waals surface area contributed by atoms with Crippen LogP contribution in [-0.2, 0) is 0 Å². The number of thiol groups is 1. The molecule has 0 unspecified atom stereocenters. The Morgan fingerprint density at radius 1 is 1.50 bits per heavy atom. The van der Waals surface area contributed by atoms with Gasteiger partial charge in [-0.2, -0.15) is 12.6 Å². The van der Waals surface area contributed by atoms with Crippen molar-refractivity contribution in [1.29, 1.82) is 0 Å². The molecule has 0 aliphatic heterocycles. The van der Waals surface area contributed by atoms with Crippen LogP contribution in [0, 0.1) is 5.41 Å². The van der Waals surface area contributed by atoms with E-state index < -0.39 is 0 Å². The normalized spacial score (nSPS) is 12.4. The van der Waals surface area contributed by atoms with Gasteiger partial charge < -0.3 is 0 Å². The summed E-state index contributed by atoms with van der Waals surface area (Å²) in [5.74, 6) is 0. The first-order valence-electron chi connectivity index (χ1n) is 3.46. The van der Waals surface area contributed by atoms with Crippen LogP contribution in [0.2, 0.25) is 0 Å². The first kappa shape index (κ1) is 9.83. The topological polar surface area (TPSA) is 0 Å². The summed E-state index contributed by atoms with van der Waals surface area (Å²) in [5.41, 5.74) is 1.48. The van der Waals surface area contributed by atoms with Gasteiger partial charge in [0.15, 0.2) is 0 Å². The van der Waals surface area contributed by atoms with Gasteiger partial charge in [0.1, 0.15) is 0 Å². The fourth-order valence-electron chi connectivity index (χ4n) is 0.501. The average molecular weight is 156 g/mol. The highest BCUT2D eigenvalue weighted by molar-refractivity contribution is 7.83. The molecule has 0 N–H and O–H groups in total. The van der Waals surface area contributed by atoms with Gasteiger partial charge in [-0.05, 0) is 17.2 Å². The lowest BCUT2D eigenvalue weighted by atomic mass is 9.86. The Morgan fingerprint density at radius 3 is 2.30 bits per heavy atom. The van der Waals surface area contributed by atoms with Crippen molar-refractivity contribution < 1.29 is 0 Å². The van der Waals surface area contributed by atoms with Crippen molar-refractivity contribution in [1.82, 2.24) is 0 Å². The number of hydrogen-bond acceptors (Lipinski definition) is 1. The summed E-state index contributed by atoms with van der Waals surface area (Å²) >= 11 is 3.97. The molecule has 0 aromatic heterocycles. The highest BCUT2D eigenvalue weighted by Gasteiger charge is 2.12. The monoisotopic (exact) mass is 156 g/mol. The molecule has 0 saturated heterocycles. The molecule has 0 atom stereocenters. The van der Waals surface area contributed by atoms with E-state index in [0.29, 0.717) is 0 Å². The molecule has 0 radical (unpaired) electrons. The van der Waals surface area contributed by atoms with Crippen molar-refractivity contribution in [3.63, 3.8) is 0 Å². The van der Waals surface area contributed by atoms with Gasteiger partial charge in [-0.1, -0.05) is 39.0 Å². The lowest BCUT2D eigenvalue weighted by Crippen LogP contribution is -2.07. The maximum atomic E-state index is 3.98. The van der Waals surface area contributed by atoms with Crippen molar-refractivity contribution in [2.24, 2.45) is 5.41 Å². The van der Waals surface area contributed by atoms with E-state index in [1.54, 1.807) is 5.41 Å². The molecule has 0 spiro atoms. The summed E-state index contributed by atoms with van der Waals surface area (Å²) in [6, 6.07) is 0. The van der Waals surface area contributed by atoms with Crippen LogP contribution in [0.5, 0.6) is 0 Å². The van der Waals surface area contributed by atoms with Crippen LogP contribution in [0.3, 0.4) is 0 Å². The standard InChI is InChI=1S/C9H16S/c1-8(6-5-7-10)9(2,3)4/h5,7,10H,1,6H2,2-4H3/b7-5-. The zero-order valence-corrected chi connectivity index (χ0v) is 7.91. The molecule has 0 aromatic rings. The molecule has 0 aromatic carbocycles. The fraction of sp³-hybridized carbons (Fsp3) is 0.556. The lowest BCUT2D eigenvalue weighted by Gasteiger charge is -2.20. The average Bonchev–Trinajstić information content (AvgIpc) is 1.80. The molecule has 0 amide bonds. The van der Waals surface area contributed by atoms with Crippen LogP contribution in [0.1, 0.15) is 27.2 Å². The molecule has 0 aliphatic rings. The van der Waals surface area contributed by atoms with Crippen LogP contribution in [-0.4, -0.2) is 0 Å². The van der Waals surface area contributed by atoms with E-state index in [-0.39, 0.29) is 5.41 Å². The van der Waals surface area contributed by atoms with Crippen LogP contribution < -0.4 is 0 Å².